The summed E-state index contributed by atoms with van der Waals surface area (Å²) in [5, 5.41) is 20.1. The van der Waals surface area contributed by atoms with Crippen LogP contribution >= 0.6 is 0 Å². The average molecular weight is 275 g/mol. The van der Waals surface area contributed by atoms with Gasteiger partial charge < -0.3 is 15.5 Å². The van der Waals surface area contributed by atoms with Gasteiger partial charge in [0.25, 0.3) is 0 Å². The van der Waals surface area contributed by atoms with Gasteiger partial charge in [0.15, 0.2) is 0 Å². The maximum atomic E-state index is 12.6. The van der Waals surface area contributed by atoms with Crippen molar-refractivity contribution < 1.29 is 23.6 Å². The van der Waals surface area contributed by atoms with Crippen molar-refractivity contribution in [1.82, 2.24) is 0 Å². The molecule has 2 unspecified atom stereocenters. The zero-order chi connectivity index (χ0) is 13.5. The lowest BCUT2D eigenvalue weighted by molar-refractivity contribution is -0.113. The number of aliphatic hydroxyl groups excluding tert-OH is 2. The average Bonchev–Trinajstić information content (AvgIpc) is 2.31. The Morgan fingerprint density at radius 3 is 2.56 bits per heavy atom. The predicted octanol–water partition coefficient (Wildman–Crippen LogP) is -0.134. The first-order valence-electron chi connectivity index (χ1n) is 5.20. The summed E-state index contributed by atoms with van der Waals surface area (Å²) in [5.41, 5.74) is 0.404. The summed E-state index contributed by atoms with van der Waals surface area (Å²) in [6, 6.07) is 5.17. The third-order valence-electron chi connectivity index (χ3n) is 2.01. The summed E-state index contributed by atoms with van der Waals surface area (Å²) in [6.45, 7) is -0.495. The third-order valence-corrected chi connectivity index (χ3v) is 3.35. The van der Waals surface area contributed by atoms with Gasteiger partial charge in [-0.2, -0.15) is 0 Å². The minimum atomic E-state index is -1.55. The highest BCUT2D eigenvalue weighted by Gasteiger charge is 2.12. The second-order valence-corrected chi connectivity index (χ2v) is 5.14. The van der Waals surface area contributed by atoms with Crippen LogP contribution in [-0.2, 0) is 15.6 Å². The Morgan fingerprint density at radius 2 is 2.00 bits per heavy atom. The minimum Gasteiger partial charge on any atom is -0.394 e. The molecule has 0 saturated carbocycles. The van der Waals surface area contributed by atoms with E-state index in [1.807, 2.05) is 0 Å². The fourth-order valence-corrected chi connectivity index (χ4v) is 2.22. The van der Waals surface area contributed by atoms with Crippen LogP contribution in [0.2, 0.25) is 0 Å². The van der Waals surface area contributed by atoms with Crippen molar-refractivity contribution in [3.8, 4) is 0 Å². The van der Waals surface area contributed by atoms with E-state index in [0.717, 1.165) is 0 Å². The summed E-state index contributed by atoms with van der Waals surface area (Å²) in [5.74, 6) is -1.35. The molecule has 0 radical (unpaired) electrons. The van der Waals surface area contributed by atoms with Crippen molar-refractivity contribution in [3.63, 3.8) is 0 Å². The number of amides is 1. The summed E-state index contributed by atoms with van der Waals surface area (Å²) < 4.78 is 24.0. The second kappa shape index (κ2) is 7.20. The standard InChI is InChI=1S/C11H14FNO4S/c12-8-1-3-9(4-2-8)13-11(16)7-18(17)6-10(15)5-14/h1-4,10,14-15H,5-7H2,(H,13,16). The lowest BCUT2D eigenvalue weighted by Gasteiger charge is -2.07. The normalized spacial score (nSPS) is 13.9. The molecule has 0 bridgehead atoms. The predicted molar refractivity (Wildman–Crippen MR) is 66.0 cm³/mol. The van der Waals surface area contributed by atoms with E-state index in [9.17, 15) is 13.4 Å². The molecular weight excluding hydrogens is 261 g/mol. The summed E-state index contributed by atoms with van der Waals surface area (Å²) in [4.78, 5) is 11.4. The molecule has 2 atom stereocenters. The Bertz CT molecular complexity index is 424. The van der Waals surface area contributed by atoms with E-state index in [-0.39, 0.29) is 11.5 Å². The van der Waals surface area contributed by atoms with E-state index in [2.05, 4.69) is 5.32 Å². The fourth-order valence-electron chi connectivity index (χ4n) is 1.20. The lowest BCUT2D eigenvalue weighted by atomic mass is 10.3. The first-order chi connectivity index (χ1) is 8.51. The van der Waals surface area contributed by atoms with Crippen LogP contribution in [0.15, 0.2) is 24.3 Å². The molecule has 0 aliphatic heterocycles. The SMILES string of the molecule is O=C(CS(=O)CC(O)CO)Nc1ccc(F)cc1. The smallest absolute Gasteiger partial charge is 0.236 e. The topological polar surface area (TPSA) is 86.6 Å². The van der Waals surface area contributed by atoms with Crippen LogP contribution in [0.3, 0.4) is 0 Å². The molecule has 0 aliphatic carbocycles. The molecule has 0 aromatic heterocycles. The zero-order valence-corrected chi connectivity index (χ0v) is 10.3. The molecule has 18 heavy (non-hydrogen) atoms. The van der Waals surface area contributed by atoms with Crippen LogP contribution in [0.4, 0.5) is 10.1 Å². The van der Waals surface area contributed by atoms with Gasteiger partial charge in [0.05, 0.1) is 18.5 Å². The number of carbonyl (C=O) groups excluding carboxylic acids is 1. The molecule has 1 rings (SSSR count). The van der Waals surface area contributed by atoms with Crippen molar-refractivity contribution in [3.05, 3.63) is 30.1 Å². The Balaban J connectivity index is 2.42. The summed E-state index contributed by atoms with van der Waals surface area (Å²) in [6.07, 6.45) is -1.09. The molecule has 3 N–H and O–H groups in total. The minimum absolute atomic E-state index is 0.159. The van der Waals surface area contributed by atoms with Crippen LogP contribution in [0.1, 0.15) is 0 Å². The molecule has 0 aliphatic rings. The van der Waals surface area contributed by atoms with Crippen molar-refractivity contribution in [1.29, 1.82) is 0 Å². The third kappa shape index (κ3) is 5.35. The highest BCUT2D eigenvalue weighted by Crippen LogP contribution is 2.08. The van der Waals surface area contributed by atoms with E-state index < -0.39 is 35.2 Å². The van der Waals surface area contributed by atoms with Crippen LogP contribution in [0.25, 0.3) is 0 Å². The molecule has 0 saturated heterocycles. The Kier molecular flexibility index (Phi) is 5.90. The van der Waals surface area contributed by atoms with E-state index in [1.165, 1.54) is 24.3 Å². The highest BCUT2D eigenvalue weighted by atomic mass is 32.2. The maximum absolute atomic E-state index is 12.6. The van der Waals surface area contributed by atoms with E-state index in [0.29, 0.717) is 5.69 Å². The van der Waals surface area contributed by atoms with Crippen molar-refractivity contribution in [2.45, 2.75) is 6.10 Å². The van der Waals surface area contributed by atoms with Gasteiger partial charge in [0.2, 0.25) is 5.91 Å². The molecule has 1 amide bonds. The van der Waals surface area contributed by atoms with Gasteiger partial charge in [-0.05, 0) is 24.3 Å². The Morgan fingerprint density at radius 1 is 1.39 bits per heavy atom. The van der Waals surface area contributed by atoms with E-state index >= 15 is 0 Å². The van der Waals surface area contributed by atoms with Gasteiger partial charge in [-0.25, -0.2) is 4.39 Å². The number of rotatable bonds is 6. The first-order valence-corrected chi connectivity index (χ1v) is 6.69. The number of benzene rings is 1. The fraction of sp³-hybridized carbons (Fsp3) is 0.364. The largest absolute Gasteiger partial charge is 0.394 e. The van der Waals surface area contributed by atoms with Crippen LogP contribution in [-0.4, -0.2) is 44.5 Å². The Hall–Kier alpha value is -1.31. The number of carbonyl (C=O) groups is 1. The monoisotopic (exact) mass is 275 g/mol. The molecule has 0 spiro atoms. The Labute approximate surface area is 106 Å². The van der Waals surface area contributed by atoms with Crippen molar-refractivity contribution >= 4 is 22.4 Å². The van der Waals surface area contributed by atoms with Gasteiger partial charge in [0.1, 0.15) is 11.6 Å². The molecule has 0 heterocycles. The quantitative estimate of drug-likeness (QED) is 0.675. The zero-order valence-electron chi connectivity index (χ0n) is 9.51. The van der Waals surface area contributed by atoms with E-state index in [1.54, 1.807) is 0 Å². The number of hydrogen-bond donors (Lipinski definition) is 3. The molecule has 100 valence electrons. The number of nitrogens with one attached hydrogen (secondary N) is 1. The van der Waals surface area contributed by atoms with Gasteiger partial charge >= 0.3 is 0 Å². The molecular formula is C11H14FNO4S. The maximum Gasteiger partial charge on any atom is 0.236 e. The molecule has 5 nitrogen and oxygen atoms in total. The van der Waals surface area contributed by atoms with Gasteiger partial charge in [0, 0.05) is 16.5 Å². The molecule has 1 aromatic carbocycles. The summed E-state index contributed by atoms with van der Waals surface area (Å²) >= 11 is 0. The van der Waals surface area contributed by atoms with E-state index in [4.69, 9.17) is 10.2 Å². The van der Waals surface area contributed by atoms with Gasteiger partial charge in [-0.1, -0.05) is 0 Å². The van der Waals surface area contributed by atoms with Crippen LogP contribution in [0.5, 0.6) is 0 Å². The van der Waals surface area contributed by atoms with Crippen LogP contribution < -0.4 is 5.32 Å². The first kappa shape index (κ1) is 14.7. The van der Waals surface area contributed by atoms with Crippen molar-refractivity contribution in [2.75, 3.05) is 23.4 Å². The highest BCUT2D eigenvalue weighted by molar-refractivity contribution is 7.85. The number of anilines is 1. The van der Waals surface area contributed by atoms with Crippen molar-refractivity contribution in [2.24, 2.45) is 0 Å². The summed E-state index contributed by atoms with van der Waals surface area (Å²) in [7, 11) is -1.55. The molecule has 7 heteroatoms. The second-order valence-electron chi connectivity index (χ2n) is 3.64. The number of aliphatic hydroxyl groups is 2. The van der Waals surface area contributed by atoms with Gasteiger partial charge in [-0.15, -0.1) is 0 Å². The van der Waals surface area contributed by atoms with Gasteiger partial charge in [-0.3, -0.25) is 9.00 Å². The number of hydrogen-bond acceptors (Lipinski definition) is 4. The lowest BCUT2D eigenvalue weighted by Crippen LogP contribution is -2.27. The number of halogens is 1. The van der Waals surface area contributed by atoms with Crippen LogP contribution in [0, 0.1) is 5.82 Å². The molecule has 0 fully saturated rings. The molecule has 1 aromatic rings.